The van der Waals surface area contributed by atoms with Crippen molar-refractivity contribution >= 4 is 47.2 Å². The van der Waals surface area contributed by atoms with Gasteiger partial charge in [0, 0.05) is 58.2 Å². The topological polar surface area (TPSA) is 55.8 Å². The van der Waals surface area contributed by atoms with Gasteiger partial charge in [-0.05, 0) is 49.6 Å². The van der Waals surface area contributed by atoms with E-state index in [9.17, 15) is 0 Å². The van der Waals surface area contributed by atoms with Crippen LogP contribution in [0, 0.1) is 0 Å². The highest BCUT2D eigenvalue weighted by molar-refractivity contribution is 14.0. The molecule has 0 spiro atoms. The molecule has 1 aliphatic heterocycles. The molecule has 1 aromatic carbocycles. The summed E-state index contributed by atoms with van der Waals surface area (Å²) < 4.78 is 0. The van der Waals surface area contributed by atoms with Crippen molar-refractivity contribution in [3.05, 3.63) is 59.4 Å². The van der Waals surface area contributed by atoms with Crippen LogP contribution in [0.25, 0.3) is 0 Å². The van der Waals surface area contributed by atoms with Crippen molar-refractivity contribution < 1.29 is 0 Å². The fourth-order valence-corrected chi connectivity index (χ4v) is 3.75. The fraction of sp³-hybridized carbons (Fsp3) is 0.478. The first-order valence-electron chi connectivity index (χ1n) is 10.8. The first kappa shape index (κ1) is 25.7. The number of rotatable bonds is 9. The quantitative estimate of drug-likeness (QED) is 0.162. The van der Waals surface area contributed by atoms with E-state index < -0.39 is 0 Å². The number of nitrogens with one attached hydrogen (secondary N) is 2. The lowest BCUT2D eigenvalue weighted by molar-refractivity contribution is 0.253. The van der Waals surface area contributed by atoms with Crippen LogP contribution in [-0.2, 0) is 6.42 Å². The van der Waals surface area contributed by atoms with Crippen molar-refractivity contribution in [1.29, 1.82) is 0 Å². The van der Waals surface area contributed by atoms with E-state index in [1.165, 1.54) is 18.7 Å². The minimum Gasteiger partial charge on any atom is -0.369 e. The van der Waals surface area contributed by atoms with Crippen LogP contribution in [0.15, 0.2) is 53.7 Å². The predicted molar refractivity (Wildman–Crippen MR) is 142 cm³/mol. The lowest BCUT2D eigenvalue weighted by Gasteiger charge is -2.36. The van der Waals surface area contributed by atoms with E-state index in [1.807, 2.05) is 25.4 Å². The number of aliphatic imine (C=N–C) groups is 1. The Morgan fingerprint density at radius 1 is 1.00 bits per heavy atom. The number of anilines is 1. The van der Waals surface area contributed by atoms with E-state index in [0.29, 0.717) is 5.15 Å². The normalized spacial score (nSPS) is 14.8. The molecular formula is C23H34ClIN6. The molecule has 8 heteroatoms. The summed E-state index contributed by atoms with van der Waals surface area (Å²) in [6.45, 7) is 7.43. The van der Waals surface area contributed by atoms with Gasteiger partial charge in [-0.3, -0.25) is 9.89 Å². The maximum Gasteiger partial charge on any atom is 0.190 e. The number of benzene rings is 1. The fourth-order valence-electron chi connectivity index (χ4n) is 3.64. The van der Waals surface area contributed by atoms with Crippen LogP contribution < -0.4 is 15.5 Å². The molecule has 2 N–H and O–H groups in total. The smallest absolute Gasteiger partial charge is 0.190 e. The summed E-state index contributed by atoms with van der Waals surface area (Å²) in [4.78, 5) is 13.5. The molecule has 1 aromatic heterocycles. The van der Waals surface area contributed by atoms with Crippen LogP contribution in [-0.4, -0.2) is 68.7 Å². The molecule has 0 radical (unpaired) electrons. The second-order valence-electron chi connectivity index (χ2n) is 7.54. The Balaban J connectivity index is 0.00000341. The number of pyridine rings is 1. The number of halogens is 2. The van der Waals surface area contributed by atoms with Gasteiger partial charge in [-0.25, -0.2) is 4.98 Å². The second kappa shape index (κ2) is 14.5. The zero-order valence-corrected chi connectivity index (χ0v) is 21.4. The molecule has 2 aromatic rings. The van der Waals surface area contributed by atoms with Gasteiger partial charge in [0.25, 0.3) is 0 Å². The lowest BCUT2D eigenvalue weighted by atomic mass is 10.2. The van der Waals surface area contributed by atoms with Crippen LogP contribution in [0.1, 0.15) is 18.4 Å². The minimum atomic E-state index is 0. The minimum absolute atomic E-state index is 0. The molecule has 0 saturated carbocycles. The van der Waals surface area contributed by atoms with E-state index in [2.05, 4.69) is 60.7 Å². The van der Waals surface area contributed by atoms with Crippen LogP contribution in [0.3, 0.4) is 0 Å². The van der Waals surface area contributed by atoms with Crippen molar-refractivity contribution in [3.8, 4) is 0 Å². The average Bonchev–Trinajstić information content (AvgIpc) is 2.80. The summed E-state index contributed by atoms with van der Waals surface area (Å²) in [5.41, 5.74) is 2.50. The SMILES string of the molecule is CN=C(NCCCCN1CCN(c2ccccc2)CC1)NCCc1ccc(Cl)nc1.I. The molecule has 0 bridgehead atoms. The number of para-hydroxylation sites is 1. The zero-order chi connectivity index (χ0) is 21.0. The standard InChI is InChI=1S/C23H33ClN6.HI/c1-25-23(27-13-11-20-9-10-22(24)28-19-20)26-12-5-6-14-29-15-17-30(18-16-29)21-7-3-2-4-8-21;/h2-4,7-10,19H,5-6,11-18H2,1H3,(H2,25,26,27);1H. The first-order chi connectivity index (χ1) is 14.7. The molecule has 1 saturated heterocycles. The number of guanidine groups is 1. The van der Waals surface area contributed by atoms with Gasteiger partial charge in [0.2, 0.25) is 0 Å². The Hall–Kier alpha value is -1.58. The van der Waals surface area contributed by atoms with Gasteiger partial charge in [0.05, 0.1) is 0 Å². The molecule has 3 rings (SSSR count). The number of hydrogen-bond donors (Lipinski definition) is 2. The number of hydrogen-bond acceptors (Lipinski definition) is 4. The van der Waals surface area contributed by atoms with E-state index >= 15 is 0 Å². The lowest BCUT2D eigenvalue weighted by Crippen LogP contribution is -2.46. The molecule has 31 heavy (non-hydrogen) atoms. The molecular weight excluding hydrogens is 523 g/mol. The number of nitrogens with zero attached hydrogens (tertiary/aromatic N) is 4. The summed E-state index contributed by atoms with van der Waals surface area (Å²) in [5, 5.41) is 7.29. The van der Waals surface area contributed by atoms with Gasteiger partial charge in [-0.1, -0.05) is 35.9 Å². The third-order valence-electron chi connectivity index (χ3n) is 5.41. The summed E-state index contributed by atoms with van der Waals surface area (Å²) >= 11 is 5.82. The molecule has 0 atom stereocenters. The molecule has 6 nitrogen and oxygen atoms in total. The highest BCUT2D eigenvalue weighted by Crippen LogP contribution is 2.15. The van der Waals surface area contributed by atoms with Gasteiger partial charge < -0.3 is 15.5 Å². The highest BCUT2D eigenvalue weighted by atomic mass is 127. The zero-order valence-electron chi connectivity index (χ0n) is 18.3. The second-order valence-corrected chi connectivity index (χ2v) is 7.92. The van der Waals surface area contributed by atoms with Crippen LogP contribution >= 0.6 is 35.6 Å². The molecule has 170 valence electrons. The average molecular weight is 557 g/mol. The molecule has 2 heterocycles. The third-order valence-corrected chi connectivity index (χ3v) is 5.63. The number of piperazine rings is 1. The largest absolute Gasteiger partial charge is 0.369 e. The maximum atomic E-state index is 5.82. The van der Waals surface area contributed by atoms with Crippen LogP contribution in [0.2, 0.25) is 5.15 Å². The van der Waals surface area contributed by atoms with Gasteiger partial charge in [0.1, 0.15) is 5.15 Å². The summed E-state index contributed by atoms with van der Waals surface area (Å²) in [6, 6.07) is 14.6. The van der Waals surface area contributed by atoms with Gasteiger partial charge >= 0.3 is 0 Å². The van der Waals surface area contributed by atoms with Gasteiger partial charge in [0.15, 0.2) is 5.96 Å². The Morgan fingerprint density at radius 3 is 2.42 bits per heavy atom. The van der Waals surface area contributed by atoms with Crippen molar-refractivity contribution in [2.24, 2.45) is 4.99 Å². The molecule has 1 fully saturated rings. The van der Waals surface area contributed by atoms with Crippen molar-refractivity contribution in [2.45, 2.75) is 19.3 Å². The predicted octanol–water partition coefficient (Wildman–Crippen LogP) is 3.66. The van der Waals surface area contributed by atoms with Crippen LogP contribution in [0.4, 0.5) is 5.69 Å². The molecule has 0 unspecified atom stereocenters. The van der Waals surface area contributed by atoms with Gasteiger partial charge in [-0.15, -0.1) is 24.0 Å². The van der Waals surface area contributed by atoms with Crippen LogP contribution in [0.5, 0.6) is 0 Å². The summed E-state index contributed by atoms with van der Waals surface area (Å²) in [6.07, 6.45) is 5.05. The molecule has 0 amide bonds. The Labute approximate surface area is 208 Å². The first-order valence-corrected chi connectivity index (χ1v) is 11.2. The molecule has 1 aliphatic rings. The number of aromatic nitrogens is 1. The Morgan fingerprint density at radius 2 is 1.74 bits per heavy atom. The van der Waals surface area contributed by atoms with E-state index in [0.717, 1.165) is 63.6 Å². The highest BCUT2D eigenvalue weighted by Gasteiger charge is 2.16. The van der Waals surface area contributed by atoms with E-state index in [1.54, 1.807) is 0 Å². The van der Waals surface area contributed by atoms with Gasteiger partial charge in [-0.2, -0.15) is 0 Å². The van der Waals surface area contributed by atoms with Crippen molar-refractivity contribution in [1.82, 2.24) is 20.5 Å². The summed E-state index contributed by atoms with van der Waals surface area (Å²) in [5.74, 6) is 0.855. The molecule has 0 aliphatic carbocycles. The Kier molecular flexibility index (Phi) is 12.0. The maximum absolute atomic E-state index is 5.82. The monoisotopic (exact) mass is 556 g/mol. The van der Waals surface area contributed by atoms with E-state index in [-0.39, 0.29) is 24.0 Å². The van der Waals surface area contributed by atoms with Crippen molar-refractivity contribution in [2.75, 3.05) is 57.8 Å². The Bertz CT molecular complexity index is 763. The number of unbranched alkanes of at least 4 members (excludes halogenated alkanes) is 1. The third kappa shape index (κ3) is 9.21. The van der Waals surface area contributed by atoms with Crippen molar-refractivity contribution in [3.63, 3.8) is 0 Å². The summed E-state index contributed by atoms with van der Waals surface area (Å²) in [7, 11) is 1.81. The van der Waals surface area contributed by atoms with E-state index in [4.69, 9.17) is 11.6 Å².